The molecule has 40 heavy (non-hydrogen) atoms. The van der Waals surface area contributed by atoms with Gasteiger partial charge in [0.15, 0.2) is 0 Å². The molecule has 0 aromatic rings. The van der Waals surface area contributed by atoms with Crippen molar-refractivity contribution in [3.05, 3.63) is 60.8 Å². The number of hydrogen-bond acceptors (Lipinski definition) is 3. The van der Waals surface area contributed by atoms with E-state index in [2.05, 4.69) is 78.3 Å². The second kappa shape index (κ2) is 27.7. The maximum Gasteiger partial charge on any atom is 0.326 e. The number of aliphatic carboxylic acids is 1. The van der Waals surface area contributed by atoms with E-state index in [1.807, 2.05) is 41.5 Å². The van der Waals surface area contributed by atoms with Crippen LogP contribution in [-0.4, -0.2) is 35.0 Å². The molecule has 0 rings (SSSR count). The molecule has 0 saturated carbocycles. The van der Waals surface area contributed by atoms with E-state index in [1.165, 1.54) is 0 Å². The normalized spacial score (nSPS) is 13.5. The predicted octanol–water partition coefficient (Wildman–Crippen LogP) is 8.08. The summed E-state index contributed by atoms with van der Waals surface area (Å²) in [5, 5.41) is 14.8. The lowest BCUT2D eigenvalue weighted by molar-refractivity contribution is -0.142. The summed E-state index contributed by atoms with van der Waals surface area (Å²) in [6.45, 7) is 13.9. The number of carbonyl (C=O) groups is 3. The second-order valence-corrected chi connectivity index (χ2v) is 10.4. The van der Waals surface area contributed by atoms with Crippen molar-refractivity contribution in [1.29, 1.82) is 0 Å². The summed E-state index contributed by atoms with van der Waals surface area (Å²) in [6.07, 6.45) is 29.0. The first-order valence-electron chi connectivity index (χ1n) is 15.2. The zero-order valence-electron chi connectivity index (χ0n) is 26.3. The van der Waals surface area contributed by atoms with E-state index >= 15 is 0 Å². The summed E-state index contributed by atoms with van der Waals surface area (Å²) in [5.74, 6) is -1.36. The Bertz CT molecular complexity index is 807. The Morgan fingerprint density at radius 2 is 1.07 bits per heavy atom. The standard InChI is InChI=1S/C32H52N2O4.C2H6/c1-6-7-8-9-10-11-12-13-14-15-16-17-18-19-20-21-22-23-30(35)33-28(24-26(2)3)31(36)34-29(32(37)38)25-27(4)5;1-2/h7-8,10-11,13-14,16-17,19-20,26-29H,6,9,12,15,18,21-25H2,1-5H3,(H,33,35)(H,34,36)(H,37,38);1-2H3/b8-7-,11-10-,14-13-,17-16-,20-19-;/t28-,29-;/m0./s1. The molecule has 228 valence electrons. The van der Waals surface area contributed by atoms with Gasteiger partial charge in [0.2, 0.25) is 11.8 Å². The minimum absolute atomic E-state index is 0.130. The fourth-order valence-corrected chi connectivity index (χ4v) is 3.68. The number of hydrogen-bond donors (Lipinski definition) is 3. The van der Waals surface area contributed by atoms with Gasteiger partial charge in [-0.05, 0) is 69.6 Å². The Hall–Kier alpha value is -2.89. The van der Waals surface area contributed by atoms with Crippen LogP contribution in [0.5, 0.6) is 0 Å². The SMILES string of the molecule is CC.CC/C=C\C/C=C\C/C=C\C/C=C\C/C=C\CCCC(=O)N[C@@H](CC(C)C)C(=O)N[C@@H](CC(C)C)C(=O)O. The molecule has 0 bridgehead atoms. The third-order valence-corrected chi connectivity index (χ3v) is 5.61. The van der Waals surface area contributed by atoms with Crippen LogP contribution in [0.4, 0.5) is 0 Å². The highest BCUT2D eigenvalue weighted by Crippen LogP contribution is 2.10. The number of carbonyl (C=O) groups excluding carboxylic acids is 2. The topological polar surface area (TPSA) is 95.5 Å². The maximum absolute atomic E-state index is 12.7. The molecule has 2 amide bonds. The van der Waals surface area contributed by atoms with Gasteiger partial charge < -0.3 is 15.7 Å². The molecule has 6 nitrogen and oxygen atoms in total. The van der Waals surface area contributed by atoms with Crippen molar-refractivity contribution in [1.82, 2.24) is 10.6 Å². The third-order valence-electron chi connectivity index (χ3n) is 5.61. The summed E-state index contributed by atoms with van der Waals surface area (Å²) < 4.78 is 0. The second-order valence-electron chi connectivity index (χ2n) is 10.4. The van der Waals surface area contributed by atoms with E-state index in [4.69, 9.17) is 0 Å². The molecule has 0 heterocycles. The highest BCUT2D eigenvalue weighted by atomic mass is 16.4. The molecule has 0 fully saturated rings. The monoisotopic (exact) mass is 558 g/mol. The van der Waals surface area contributed by atoms with Gasteiger partial charge in [-0.2, -0.15) is 0 Å². The number of nitrogens with one attached hydrogen (secondary N) is 2. The van der Waals surface area contributed by atoms with Crippen LogP contribution in [0.25, 0.3) is 0 Å². The molecule has 0 aliphatic heterocycles. The first-order valence-corrected chi connectivity index (χ1v) is 15.2. The average molecular weight is 559 g/mol. The van der Waals surface area contributed by atoms with Crippen LogP contribution in [0.15, 0.2) is 60.8 Å². The predicted molar refractivity (Wildman–Crippen MR) is 170 cm³/mol. The Balaban J connectivity index is 0. The van der Waals surface area contributed by atoms with E-state index in [-0.39, 0.29) is 17.7 Å². The van der Waals surface area contributed by atoms with Crippen molar-refractivity contribution >= 4 is 17.8 Å². The van der Waals surface area contributed by atoms with Crippen LogP contribution >= 0.6 is 0 Å². The van der Waals surface area contributed by atoms with Crippen LogP contribution in [0.2, 0.25) is 0 Å². The van der Waals surface area contributed by atoms with Crippen molar-refractivity contribution in [3.8, 4) is 0 Å². The van der Waals surface area contributed by atoms with Crippen LogP contribution < -0.4 is 10.6 Å². The minimum atomic E-state index is -1.06. The van der Waals surface area contributed by atoms with Crippen molar-refractivity contribution in [2.24, 2.45) is 11.8 Å². The van der Waals surface area contributed by atoms with Gasteiger partial charge in [0.25, 0.3) is 0 Å². The maximum atomic E-state index is 12.7. The van der Waals surface area contributed by atoms with Gasteiger partial charge in [-0.3, -0.25) is 9.59 Å². The zero-order valence-corrected chi connectivity index (χ0v) is 26.3. The van der Waals surface area contributed by atoms with Crippen LogP contribution in [0.3, 0.4) is 0 Å². The van der Waals surface area contributed by atoms with Crippen molar-refractivity contribution < 1.29 is 19.5 Å². The van der Waals surface area contributed by atoms with Gasteiger partial charge in [-0.15, -0.1) is 0 Å². The number of carboxylic acids is 1. The Labute approximate surface area is 245 Å². The quantitative estimate of drug-likeness (QED) is 0.0980. The molecule has 0 spiro atoms. The van der Waals surface area contributed by atoms with Gasteiger partial charge in [0.1, 0.15) is 12.1 Å². The summed E-state index contributed by atoms with van der Waals surface area (Å²) in [4.78, 5) is 36.7. The third kappa shape index (κ3) is 25.4. The number of allylic oxidation sites excluding steroid dienone is 10. The average Bonchev–Trinajstić information content (AvgIpc) is 2.90. The molecule has 6 heteroatoms. The summed E-state index contributed by atoms with van der Waals surface area (Å²) in [5.41, 5.74) is 0. The molecule has 0 aromatic carbocycles. The Morgan fingerprint density at radius 3 is 1.50 bits per heavy atom. The van der Waals surface area contributed by atoms with Gasteiger partial charge in [0.05, 0.1) is 0 Å². The van der Waals surface area contributed by atoms with Gasteiger partial charge >= 0.3 is 5.97 Å². The first kappa shape index (κ1) is 39.3. The van der Waals surface area contributed by atoms with E-state index in [0.29, 0.717) is 25.7 Å². The highest BCUT2D eigenvalue weighted by Gasteiger charge is 2.27. The lowest BCUT2D eigenvalue weighted by Crippen LogP contribution is -2.52. The number of amides is 2. The van der Waals surface area contributed by atoms with Crippen LogP contribution in [-0.2, 0) is 14.4 Å². The van der Waals surface area contributed by atoms with Crippen LogP contribution in [0.1, 0.15) is 113 Å². The van der Waals surface area contributed by atoms with Crippen molar-refractivity contribution in [2.75, 3.05) is 0 Å². The summed E-state index contributed by atoms with van der Waals surface area (Å²) >= 11 is 0. The van der Waals surface area contributed by atoms with Gasteiger partial charge in [0, 0.05) is 6.42 Å². The highest BCUT2D eigenvalue weighted by molar-refractivity contribution is 5.90. The number of carboxylic acid groups (broad SMARTS) is 1. The molecule has 2 atom stereocenters. The molecular weight excluding hydrogens is 500 g/mol. The summed E-state index contributed by atoms with van der Waals surface area (Å²) in [7, 11) is 0. The van der Waals surface area contributed by atoms with E-state index < -0.39 is 24.0 Å². The molecule has 0 unspecified atom stereocenters. The first-order chi connectivity index (χ1) is 19.2. The lowest BCUT2D eigenvalue weighted by Gasteiger charge is -2.23. The Kier molecular flexibility index (Phi) is 27.2. The van der Waals surface area contributed by atoms with Gasteiger partial charge in [-0.1, -0.05) is 109 Å². The largest absolute Gasteiger partial charge is 0.480 e. The smallest absolute Gasteiger partial charge is 0.326 e. The number of rotatable bonds is 21. The van der Waals surface area contributed by atoms with Crippen LogP contribution in [0, 0.1) is 11.8 Å². The molecule has 0 aromatic heterocycles. The van der Waals surface area contributed by atoms with Crippen molar-refractivity contribution in [3.63, 3.8) is 0 Å². The molecule has 0 saturated heterocycles. The van der Waals surface area contributed by atoms with E-state index in [0.717, 1.165) is 38.5 Å². The fourth-order valence-electron chi connectivity index (χ4n) is 3.68. The molecule has 0 aliphatic rings. The zero-order chi connectivity index (χ0) is 30.6. The van der Waals surface area contributed by atoms with Gasteiger partial charge in [-0.25, -0.2) is 4.79 Å². The summed E-state index contributed by atoms with van der Waals surface area (Å²) in [6, 6.07) is -1.69. The molecule has 0 aliphatic carbocycles. The lowest BCUT2D eigenvalue weighted by atomic mass is 10.0. The minimum Gasteiger partial charge on any atom is -0.480 e. The molecule has 3 N–H and O–H groups in total. The Morgan fingerprint density at radius 1 is 0.650 bits per heavy atom. The number of unbranched alkanes of at least 4 members (excludes halogenated alkanes) is 1. The van der Waals surface area contributed by atoms with Crippen molar-refractivity contribution in [2.45, 2.75) is 125 Å². The van der Waals surface area contributed by atoms with E-state index in [9.17, 15) is 19.5 Å². The fraction of sp³-hybridized carbons (Fsp3) is 0.618. The van der Waals surface area contributed by atoms with E-state index in [1.54, 1.807) is 0 Å². The molecular formula is C34H58N2O4. The molecule has 0 radical (unpaired) electrons.